The molecule has 1 aromatic carbocycles. The van der Waals surface area contributed by atoms with E-state index in [0.29, 0.717) is 49.2 Å². The fourth-order valence-electron chi connectivity index (χ4n) is 3.29. The topological polar surface area (TPSA) is 59.1 Å². The van der Waals surface area contributed by atoms with Crippen LogP contribution in [-0.2, 0) is 4.79 Å². The zero-order chi connectivity index (χ0) is 19.4. The average Bonchev–Trinajstić information content (AvgIpc) is 3.51. The first-order chi connectivity index (χ1) is 13.0. The molecule has 148 valence electrons. The first-order valence-corrected chi connectivity index (χ1v) is 9.88. The highest BCUT2D eigenvalue weighted by Gasteiger charge is 2.34. The van der Waals surface area contributed by atoms with Crippen LogP contribution in [-0.4, -0.2) is 61.5 Å². The molecule has 0 unspecified atom stereocenters. The number of benzene rings is 1. The zero-order valence-electron chi connectivity index (χ0n) is 16.6. The van der Waals surface area contributed by atoms with Crippen LogP contribution in [0.1, 0.15) is 43.5 Å². The van der Waals surface area contributed by atoms with Crippen LogP contribution in [0.2, 0.25) is 0 Å². The van der Waals surface area contributed by atoms with Crippen LogP contribution in [0.5, 0.6) is 11.5 Å². The smallest absolute Gasteiger partial charge is 0.254 e. The highest BCUT2D eigenvalue weighted by Crippen LogP contribution is 2.32. The van der Waals surface area contributed by atoms with Crippen molar-refractivity contribution in [1.82, 2.24) is 9.80 Å². The van der Waals surface area contributed by atoms with Gasteiger partial charge in [0.1, 0.15) is 0 Å². The van der Waals surface area contributed by atoms with E-state index in [0.717, 1.165) is 25.8 Å². The third kappa shape index (κ3) is 4.93. The summed E-state index contributed by atoms with van der Waals surface area (Å²) in [6, 6.07) is 5.34. The van der Waals surface area contributed by atoms with Crippen molar-refractivity contribution in [3.05, 3.63) is 23.8 Å². The predicted molar refractivity (Wildman–Crippen MR) is 103 cm³/mol. The summed E-state index contributed by atoms with van der Waals surface area (Å²) < 4.78 is 11.2. The molecule has 1 aliphatic carbocycles. The van der Waals surface area contributed by atoms with Crippen LogP contribution in [0.15, 0.2) is 18.2 Å². The number of carbonyl (C=O) groups excluding carboxylic acids is 2. The van der Waals surface area contributed by atoms with Gasteiger partial charge in [0, 0.05) is 37.7 Å². The van der Waals surface area contributed by atoms with Crippen LogP contribution >= 0.6 is 0 Å². The lowest BCUT2D eigenvalue weighted by molar-refractivity contribution is -0.132. The predicted octanol–water partition coefficient (Wildman–Crippen LogP) is 2.81. The standard InChI is InChI=1S/C21H30N2O4/c1-15(2)14-27-18-8-7-17(13-19(18)26-3)21(25)23-10-4-9-22(11-12-23)20(24)16-5-6-16/h7-8,13,15-16H,4-6,9-12,14H2,1-3H3. The largest absolute Gasteiger partial charge is 0.493 e. The molecular formula is C21H30N2O4. The first kappa shape index (κ1) is 19.5. The Hall–Kier alpha value is -2.24. The van der Waals surface area contributed by atoms with E-state index >= 15 is 0 Å². The van der Waals surface area contributed by atoms with E-state index in [1.165, 1.54) is 0 Å². The Bertz CT molecular complexity index is 685. The summed E-state index contributed by atoms with van der Waals surface area (Å²) in [5.74, 6) is 2.10. The number of amides is 2. The Balaban J connectivity index is 1.65. The maximum absolute atomic E-state index is 12.9. The molecule has 0 spiro atoms. The Kier molecular flexibility index (Phi) is 6.24. The molecule has 2 aliphatic rings. The minimum absolute atomic E-state index is 0.0237. The monoisotopic (exact) mass is 374 g/mol. The number of methoxy groups -OCH3 is 1. The van der Waals surface area contributed by atoms with Crippen molar-refractivity contribution < 1.29 is 19.1 Å². The Morgan fingerprint density at radius 2 is 1.78 bits per heavy atom. The highest BCUT2D eigenvalue weighted by atomic mass is 16.5. The Morgan fingerprint density at radius 1 is 1.07 bits per heavy atom. The number of carbonyl (C=O) groups is 2. The van der Waals surface area contributed by atoms with Crippen molar-refractivity contribution in [1.29, 1.82) is 0 Å². The van der Waals surface area contributed by atoms with E-state index in [-0.39, 0.29) is 17.7 Å². The van der Waals surface area contributed by atoms with Gasteiger partial charge in [-0.25, -0.2) is 0 Å². The molecule has 1 saturated carbocycles. The summed E-state index contributed by atoms with van der Waals surface area (Å²) in [5.41, 5.74) is 0.589. The molecule has 0 atom stereocenters. The number of nitrogens with zero attached hydrogens (tertiary/aromatic N) is 2. The lowest BCUT2D eigenvalue weighted by Gasteiger charge is -2.22. The molecule has 0 N–H and O–H groups in total. The molecule has 3 rings (SSSR count). The van der Waals surface area contributed by atoms with Gasteiger partial charge in [0.2, 0.25) is 5.91 Å². The molecular weight excluding hydrogens is 344 g/mol. The molecule has 0 bridgehead atoms. The molecule has 2 fully saturated rings. The molecule has 27 heavy (non-hydrogen) atoms. The minimum atomic E-state index is -0.0237. The lowest BCUT2D eigenvalue weighted by Crippen LogP contribution is -2.38. The third-order valence-electron chi connectivity index (χ3n) is 5.00. The normalized spacial score (nSPS) is 17.6. The molecule has 2 amide bonds. The van der Waals surface area contributed by atoms with Gasteiger partial charge in [-0.2, -0.15) is 0 Å². The summed E-state index contributed by atoms with van der Waals surface area (Å²) in [5, 5.41) is 0. The van der Waals surface area contributed by atoms with Crippen LogP contribution in [0, 0.1) is 11.8 Å². The van der Waals surface area contributed by atoms with E-state index in [2.05, 4.69) is 13.8 Å². The quantitative estimate of drug-likeness (QED) is 0.768. The number of hydrogen-bond acceptors (Lipinski definition) is 4. The second-order valence-corrected chi connectivity index (χ2v) is 7.82. The molecule has 0 radical (unpaired) electrons. The molecule has 1 aromatic rings. The van der Waals surface area contributed by atoms with E-state index in [4.69, 9.17) is 9.47 Å². The minimum Gasteiger partial charge on any atom is -0.493 e. The summed E-state index contributed by atoms with van der Waals surface area (Å²) >= 11 is 0. The van der Waals surface area contributed by atoms with Gasteiger partial charge in [-0.15, -0.1) is 0 Å². The number of hydrogen-bond donors (Lipinski definition) is 0. The van der Waals surface area contributed by atoms with Gasteiger partial charge < -0.3 is 19.3 Å². The van der Waals surface area contributed by atoms with E-state index in [1.54, 1.807) is 25.3 Å². The Morgan fingerprint density at radius 3 is 2.44 bits per heavy atom. The first-order valence-electron chi connectivity index (χ1n) is 9.88. The maximum atomic E-state index is 12.9. The maximum Gasteiger partial charge on any atom is 0.254 e. The van der Waals surface area contributed by atoms with Crippen LogP contribution < -0.4 is 9.47 Å². The van der Waals surface area contributed by atoms with Crippen molar-refractivity contribution in [3.8, 4) is 11.5 Å². The lowest BCUT2D eigenvalue weighted by atomic mass is 10.1. The van der Waals surface area contributed by atoms with Gasteiger partial charge in [-0.1, -0.05) is 13.8 Å². The second kappa shape index (κ2) is 8.63. The van der Waals surface area contributed by atoms with Gasteiger partial charge in [-0.3, -0.25) is 9.59 Å². The molecule has 1 aliphatic heterocycles. The second-order valence-electron chi connectivity index (χ2n) is 7.82. The van der Waals surface area contributed by atoms with E-state index in [1.807, 2.05) is 9.80 Å². The van der Waals surface area contributed by atoms with Gasteiger partial charge in [0.05, 0.1) is 13.7 Å². The van der Waals surface area contributed by atoms with Crippen LogP contribution in [0.3, 0.4) is 0 Å². The SMILES string of the molecule is COc1cc(C(=O)N2CCCN(C(=O)C3CC3)CC2)ccc1OCC(C)C. The van der Waals surface area contributed by atoms with Crippen molar-refractivity contribution in [2.45, 2.75) is 33.1 Å². The van der Waals surface area contributed by atoms with Gasteiger partial charge in [0.25, 0.3) is 5.91 Å². The fraction of sp³-hybridized carbons (Fsp3) is 0.619. The zero-order valence-corrected chi connectivity index (χ0v) is 16.6. The summed E-state index contributed by atoms with van der Waals surface area (Å²) in [6.07, 6.45) is 2.85. The van der Waals surface area contributed by atoms with Gasteiger partial charge in [0.15, 0.2) is 11.5 Å². The van der Waals surface area contributed by atoms with Crippen molar-refractivity contribution in [2.75, 3.05) is 39.9 Å². The van der Waals surface area contributed by atoms with Crippen LogP contribution in [0.4, 0.5) is 0 Å². The molecule has 1 heterocycles. The van der Waals surface area contributed by atoms with Gasteiger partial charge >= 0.3 is 0 Å². The number of rotatable bonds is 6. The molecule has 6 nitrogen and oxygen atoms in total. The summed E-state index contributed by atoms with van der Waals surface area (Å²) in [4.78, 5) is 29.0. The fourth-order valence-corrected chi connectivity index (χ4v) is 3.29. The van der Waals surface area contributed by atoms with Crippen molar-refractivity contribution in [2.24, 2.45) is 11.8 Å². The summed E-state index contributed by atoms with van der Waals surface area (Å²) in [7, 11) is 1.58. The summed E-state index contributed by atoms with van der Waals surface area (Å²) in [6.45, 7) is 7.37. The highest BCUT2D eigenvalue weighted by molar-refractivity contribution is 5.95. The van der Waals surface area contributed by atoms with Crippen molar-refractivity contribution in [3.63, 3.8) is 0 Å². The Labute approximate surface area is 161 Å². The van der Waals surface area contributed by atoms with Crippen molar-refractivity contribution >= 4 is 11.8 Å². The van der Waals surface area contributed by atoms with E-state index in [9.17, 15) is 9.59 Å². The third-order valence-corrected chi connectivity index (χ3v) is 5.00. The van der Waals surface area contributed by atoms with E-state index < -0.39 is 0 Å². The average molecular weight is 374 g/mol. The molecule has 1 saturated heterocycles. The molecule has 6 heteroatoms. The number of ether oxygens (including phenoxy) is 2. The van der Waals surface area contributed by atoms with Crippen LogP contribution in [0.25, 0.3) is 0 Å². The van der Waals surface area contributed by atoms with Gasteiger partial charge in [-0.05, 0) is 43.4 Å². The molecule has 0 aromatic heterocycles.